The maximum Gasteiger partial charge on any atom is 0.0471 e. The van der Waals surface area contributed by atoms with Crippen molar-refractivity contribution >= 4 is 0 Å². The Balaban J connectivity index is 1.75. The lowest BCUT2D eigenvalue weighted by molar-refractivity contribution is 0.0109. The first-order valence-corrected chi connectivity index (χ1v) is 7.31. The summed E-state index contributed by atoms with van der Waals surface area (Å²) in [6.45, 7) is 5.40. The van der Waals surface area contributed by atoms with Gasteiger partial charge >= 0.3 is 0 Å². The standard InChI is InChI=1S/C14H28N2O/c1-2-14(7-9-17-10-8-14)11-16-13-5-3-12(15)4-6-13/h12-13,16H,2-11,15H2,1H3. The lowest BCUT2D eigenvalue weighted by Gasteiger charge is -2.38. The van der Waals surface area contributed by atoms with E-state index < -0.39 is 0 Å². The minimum atomic E-state index is 0.455. The molecule has 0 unspecified atom stereocenters. The number of nitrogens with one attached hydrogen (secondary N) is 1. The van der Waals surface area contributed by atoms with Crippen molar-refractivity contribution < 1.29 is 4.74 Å². The van der Waals surface area contributed by atoms with Crippen molar-refractivity contribution in [2.45, 2.75) is 64.0 Å². The van der Waals surface area contributed by atoms with Crippen LogP contribution in [0.4, 0.5) is 0 Å². The molecular weight excluding hydrogens is 212 g/mol. The summed E-state index contributed by atoms with van der Waals surface area (Å²) in [6.07, 6.45) is 8.63. The van der Waals surface area contributed by atoms with Gasteiger partial charge in [-0.15, -0.1) is 0 Å². The van der Waals surface area contributed by atoms with Crippen molar-refractivity contribution in [3.05, 3.63) is 0 Å². The molecule has 0 bridgehead atoms. The van der Waals surface area contributed by atoms with Gasteiger partial charge in [0.25, 0.3) is 0 Å². The minimum Gasteiger partial charge on any atom is -0.381 e. The second-order valence-corrected chi connectivity index (χ2v) is 5.96. The third-order valence-electron chi connectivity index (χ3n) is 4.84. The predicted molar refractivity (Wildman–Crippen MR) is 71.0 cm³/mol. The van der Waals surface area contributed by atoms with Gasteiger partial charge in [0.05, 0.1) is 0 Å². The molecule has 0 atom stereocenters. The van der Waals surface area contributed by atoms with Crippen LogP contribution in [-0.4, -0.2) is 31.8 Å². The van der Waals surface area contributed by atoms with Crippen LogP contribution in [0.2, 0.25) is 0 Å². The van der Waals surface area contributed by atoms with E-state index in [0.717, 1.165) is 13.2 Å². The van der Waals surface area contributed by atoms with E-state index in [1.165, 1.54) is 51.5 Å². The van der Waals surface area contributed by atoms with Gasteiger partial charge in [-0.1, -0.05) is 6.92 Å². The zero-order valence-electron chi connectivity index (χ0n) is 11.2. The van der Waals surface area contributed by atoms with E-state index in [0.29, 0.717) is 17.5 Å². The second kappa shape index (κ2) is 6.17. The molecule has 3 nitrogen and oxygen atoms in total. The van der Waals surface area contributed by atoms with Crippen molar-refractivity contribution in [3.63, 3.8) is 0 Å². The third-order valence-corrected chi connectivity index (χ3v) is 4.84. The number of ether oxygens (including phenoxy) is 1. The van der Waals surface area contributed by atoms with Crippen molar-refractivity contribution in [3.8, 4) is 0 Å². The summed E-state index contributed by atoms with van der Waals surface area (Å²) in [5, 5.41) is 3.79. The lowest BCUT2D eigenvalue weighted by Crippen LogP contribution is -2.44. The van der Waals surface area contributed by atoms with E-state index in [1.54, 1.807) is 0 Å². The van der Waals surface area contributed by atoms with E-state index in [1.807, 2.05) is 0 Å². The summed E-state index contributed by atoms with van der Waals surface area (Å²) in [5.41, 5.74) is 6.44. The molecule has 0 aromatic carbocycles. The topological polar surface area (TPSA) is 47.3 Å². The summed E-state index contributed by atoms with van der Waals surface area (Å²) in [7, 11) is 0. The Morgan fingerprint density at radius 2 is 1.82 bits per heavy atom. The Bertz CT molecular complexity index is 218. The van der Waals surface area contributed by atoms with E-state index in [9.17, 15) is 0 Å². The van der Waals surface area contributed by atoms with Crippen LogP contribution in [-0.2, 0) is 4.74 Å². The number of rotatable bonds is 4. The van der Waals surface area contributed by atoms with Gasteiger partial charge in [0.15, 0.2) is 0 Å². The molecule has 2 aliphatic rings. The van der Waals surface area contributed by atoms with Crippen LogP contribution < -0.4 is 11.1 Å². The van der Waals surface area contributed by atoms with Crippen LogP contribution in [0, 0.1) is 5.41 Å². The van der Waals surface area contributed by atoms with E-state index >= 15 is 0 Å². The predicted octanol–water partition coefficient (Wildman–Crippen LogP) is 2.05. The maximum absolute atomic E-state index is 5.94. The first kappa shape index (κ1) is 13.3. The van der Waals surface area contributed by atoms with E-state index in [2.05, 4.69) is 12.2 Å². The first-order chi connectivity index (χ1) is 8.24. The highest BCUT2D eigenvalue weighted by molar-refractivity contribution is 4.86. The molecule has 0 aromatic rings. The number of hydrogen-bond donors (Lipinski definition) is 2. The van der Waals surface area contributed by atoms with E-state index in [4.69, 9.17) is 10.5 Å². The molecule has 3 heteroatoms. The van der Waals surface area contributed by atoms with Gasteiger partial charge in [-0.2, -0.15) is 0 Å². The smallest absolute Gasteiger partial charge is 0.0471 e. The third kappa shape index (κ3) is 3.67. The molecule has 1 saturated heterocycles. The molecule has 0 radical (unpaired) electrons. The van der Waals surface area contributed by atoms with Crippen LogP contribution in [0.1, 0.15) is 51.9 Å². The molecular formula is C14H28N2O. The average Bonchev–Trinajstić information content (AvgIpc) is 2.39. The summed E-state index contributed by atoms with van der Waals surface area (Å²) in [4.78, 5) is 0. The monoisotopic (exact) mass is 240 g/mol. The number of nitrogens with two attached hydrogens (primary N) is 1. The Morgan fingerprint density at radius 1 is 1.18 bits per heavy atom. The summed E-state index contributed by atoms with van der Waals surface area (Å²) in [5.74, 6) is 0. The SMILES string of the molecule is CCC1(CNC2CCC(N)CC2)CCOCC1. The number of hydrogen-bond acceptors (Lipinski definition) is 3. The van der Waals surface area contributed by atoms with Gasteiger partial charge in [0.2, 0.25) is 0 Å². The second-order valence-electron chi connectivity index (χ2n) is 5.96. The quantitative estimate of drug-likeness (QED) is 0.790. The lowest BCUT2D eigenvalue weighted by atomic mass is 9.77. The molecule has 0 spiro atoms. The molecule has 1 heterocycles. The molecule has 3 N–H and O–H groups in total. The molecule has 0 aromatic heterocycles. The fourth-order valence-corrected chi connectivity index (χ4v) is 3.14. The Labute approximate surface area is 105 Å². The van der Waals surface area contributed by atoms with Gasteiger partial charge in [-0.3, -0.25) is 0 Å². The summed E-state index contributed by atoms with van der Waals surface area (Å²) < 4.78 is 5.49. The highest BCUT2D eigenvalue weighted by Crippen LogP contribution is 2.33. The van der Waals surface area contributed by atoms with E-state index in [-0.39, 0.29) is 0 Å². The van der Waals surface area contributed by atoms with Crippen LogP contribution in [0.15, 0.2) is 0 Å². The summed E-state index contributed by atoms with van der Waals surface area (Å²) in [6, 6.07) is 1.16. The van der Waals surface area contributed by atoms with Crippen LogP contribution in [0.25, 0.3) is 0 Å². The van der Waals surface area contributed by atoms with Crippen molar-refractivity contribution in [2.24, 2.45) is 11.1 Å². The zero-order valence-corrected chi connectivity index (χ0v) is 11.2. The maximum atomic E-state index is 5.94. The largest absolute Gasteiger partial charge is 0.381 e. The van der Waals surface area contributed by atoms with Crippen LogP contribution >= 0.6 is 0 Å². The van der Waals surface area contributed by atoms with Crippen molar-refractivity contribution in [1.82, 2.24) is 5.32 Å². The molecule has 2 rings (SSSR count). The minimum absolute atomic E-state index is 0.455. The molecule has 17 heavy (non-hydrogen) atoms. The molecule has 2 fully saturated rings. The van der Waals surface area contributed by atoms with Gasteiger partial charge in [-0.05, 0) is 50.4 Å². The normalized spacial score (nSPS) is 33.5. The Kier molecular flexibility index (Phi) is 4.83. The van der Waals surface area contributed by atoms with Gasteiger partial charge in [0.1, 0.15) is 0 Å². The molecule has 1 aliphatic heterocycles. The van der Waals surface area contributed by atoms with Crippen LogP contribution in [0.5, 0.6) is 0 Å². The highest BCUT2D eigenvalue weighted by Gasteiger charge is 2.31. The molecule has 0 amide bonds. The molecule has 1 aliphatic carbocycles. The molecule has 100 valence electrons. The Morgan fingerprint density at radius 3 is 2.41 bits per heavy atom. The average molecular weight is 240 g/mol. The van der Waals surface area contributed by atoms with Crippen molar-refractivity contribution in [2.75, 3.05) is 19.8 Å². The summed E-state index contributed by atoms with van der Waals surface area (Å²) >= 11 is 0. The first-order valence-electron chi connectivity index (χ1n) is 7.31. The fraction of sp³-hybridized carbons (Fsp3) is 1.00. The van der Waals surface area contributed by atoms with Crippen LogP contribution in [0.3, 0.4) is 0 Å². The zero-order chi connectivity index (χ0) is 12.1. The Hall–Kier alpha value is -0.120. The van der Waals surface area contributed by atoms with Gasteiger partial charge in [0, 0.05) is 31.8 Å². The van der Waals surface area contributed by atoms with Gasteiger partial charge < -0.3 is 15.8 Å². The highest BCUT2D eigenvalue weighted by atomic mass is 16.5. The fourth-order valence-electron chi connectivity index (χ4n) is 3.14. The van der Waals surface area contributed by atoms with Gasteiger partial charge in [-0.25, -0.2) is 0 Å². The molecule has 1 saturated carbocycles. The van der Waals surface area contributed by atoms with Crippen molar-refractivity contribution in [1.29, 1.82) is 0 Å².